The summed E-state index contributed by atoms with van der Waals surface area (Å²) in [5.74, 6) is 0.940. The summed E-state index contributed by atoms with van der Waals surface area (Å²) in [5.41, 5.74) is 6.34. The Kier molecular flexibility index (Phi) is 2.30. The molecule has 14 heavy (non-hydrogen) atoms. The molecule has 0 aromatic carbocycles. The number of hydrogen-bond donors (Lipinski definition) is 1. The lowest BCUT2D eigenvalue weighted by Crippen LogP contribution is -2.16. The molecule has 0 atom stereocenters. The highest BCUT2D eigenvalue weighted by atomic mass is 16.5. The van der Waals surface area contributed by atoms with E-state index in [-0.39, 0.29) is 0 Å². The first-order valence-electron chi connectivity index (χ1n) is 4.51. The molecule has 1 heterocycles. The molecule has 5 nitrogen and oxygen atoms in total. The Morgan fingerprint density at radius 2 is 2.29 bits per heavy atom. The molecule has 0 saturated heterocycles. The number of ether oxygens (including phenoxy) is 1. The smallest absolute Gasteiger partial charge is 0.233 e. The van der Waals surface area contributed by atoms with Gasteiger partial charge in [-0.2, -0.15) is 0 Å². The summed E-state index contributed by atoms with van der Waals surface area (Å²) < 4.78 is 4.89. The number of nitrogens with zero attached hydrogens (tertiary/aromatic N) is 3. The number of methoxy groups -OCH3 is 1. The standard InChI is InChI=1S/C9H12N4O/c1-14-8-5-4-7(12-13-8)9(10)11-6-2-3-6/h4-6H,2-3H2,1H3,(H2,10,11). The van der Waals surface area contributed by atoms with Crippen molar-refractivity contribution in [2.24, 2.45) is 10.7 Å². The van der Waals surface area contributed by atoms with E-state index in [9.17, 15) is 0 Å². The molecule has 1 aliphatic carbocycles. The monoisotopic (exact) mass is 192 g/mol. The van der Waals surface area contributed by atoms with Crippen LogP contribution in [0.3, 0.4) is 0 Å². The van der Waals surface area contributed by atoms with Crippen LogP contribution in [0.2, 0.25) is 0 Å². The molecule has 0 bridgehead atoms. The van der Waals surface area contributed by atoms with Crippen LogP contribution in [0.1, 0.15) is 18.5 Å². The highest BCUT2D eigenvalue weighted by Gasteiger charge is 2.20. The van der Waals surface area contributed by atoms with Gasteiger partial charge in [0.25, 0.3) is 0 Å². The van der Waals surface area contributed by atoms with Crippen LogP contribution >= 0.6 is 0 Å². The predicted molar refractivity (Wildman–Crippen MR) is 52.3 cm³/mol. The second-order valence-electron chi connectivity index (χ2n) is 3.21. The molecule has 74 valence electrons. The van der Waals surface area contributed by atoms with Crippen LogP contribution in [0.25, 0.3) is 0 Å². The van der Waals surface area contributed by atoms with Crippen LogP contribution in [0, 0.1) is 0 Å². The Labute approximate surface area is 82.0 Å². The van der Waals surface area contributed by atoms with Gasteiger partial charge in [-0.15, -0.1) is 10.2 Å². The summed E-state index contributed by atoms with van der Waals surface area (Å²) >= 11 is 0. The van der Waals surface area contributed by atoms with Crippen molar-refractivity contribution in [2.75, 3.05) is 7.11 Å². The highest BCUT2D eigenvalue weighted by Crippen LogP contribution is 2.23. The summed E-state index contributed by atoms with van der Waals surface area (Å²) in [6.07, 6.45) is 2.26. The van der Waals surface area contributed by atoms with Gasteiger partial charge >= 0.3 is 0 Å². The SMILES string of the molecule is COc1ccc(C(N)=NC2CC2)nn1. The molecule has 0 unspecified atom stereocenters. The average molecular weight is 192 g/mol. The van der Waals surface area contributed by atoms with E-state index in [1.165, 1.54) is 0 Å². The largest absolute Gasteiger partial charge is 0.480 e. The van der Waals surface area contributed by atoms with Crippen molar-refractivity contribution in [3.05, 3.63) is 17.8 Å². The van der Waals surface area contributed by atoms with Gasteiger partial charge < -0.3 is 10.5 Å². The quantitative estimate of drug-likeness (QED) is 0.554. The van der Waals surface area contributed by atoms with Crippen molar-refractivity contribution in [2.45, 2.75) is 18.9 Å². The lowest BCUT2D eigenvalue weighted by Gasteiger charge is -2.00. The van der Waals surface area contributed by atoms with E-state index in [0.29, 0.717) is 23.5 Å². The molecular weight excluding hydrogens is 180 g/mol. The van der Waals surface area contributed by atoms with Crippen LogP contribution in [-0.2, 0) is 0 Å². The summed E-state index contributed by atoms with van der Waals surface area (Å²) in [4.78, 5) is 4.27. The zero-order valence-corrected chi connectivity index (χ0v) is 7.97. The highest BCUT2D eigenvalue weighted by molar-refractivity contribution is 5.95. The van der Waals surface area contributed by atoms with Crippen LogP contribution in [0.4, 0.5) is 0 Å². The Morgan fingerprint density at radius 3 is 2.79 bits per heavy atom. The van der Waals surface area contributed by atoms with Crippen LogP contribution in [-0.4, -0.2) is 29.2 Å². The number of rotatable bonds is 3. The third-order valence-electron chi connectivity index (χ3n) is 1.98. The van der Waals surface area contributed by atoms with Gasteiger partial charge in [0, 0.05) is 6.07 Å². The summed E-state index contributed by atoms with van der Waals surface area (Å²) in [6.45, 7) is 0. The van der Waals surface area contributed by atoms with Gasteiger partial charge in [-0.3, -0.25) is 4.99 Å². The number of hydrogen-bond acceptors (Lipinski definition) is 4. The summed E-state index contributed by atoms with van der Waals surface area (Å²) in [6, 6.07) is 3.88. The van der Waals surface area contributed by atoms with Gasteiger partial charge in [0.05, 0.1) is 13.2 Å². The summed E-state index contributed by atoms with van der Waals surface area (Å²) in [5, 5.41) is 7.71. The molecule has 2 N–H and O–H groups in total. The fourth-order valence-corrected chi connectivity index (χ4v) is 1.03. The number of nitrogens with two attached hydrogens (primary N) is 1. The second-order valence-corrected chi connectivity index (χ2v) is 3.21. The third-order valence-corrected chi connectivity index (χ3v) is 1.98. The molecule has 5 heteroatoms. The first-order chi connectivity index (χ1) is 6.79. The fourth-order valence-electron chi connectivity index (χ4n) is 1.03. The van der Waals surface area contributed by atoms with Crippen molar-refractivity contribution in [1.29, 1.82) is 0 Å². The molecule has 1 aliphatic rings. The number of aromatic nitrogens is 2. The van der Waals surface area contributed by atoms with E-state index in [4.69, 9.17) is 10.5 Å². The van der Waals surface area contributed by atoms with Gasteiger partial charge in [-0.25, -0.2) is 0 Å². The molecule has 1 aromatic rings. The molecular formula is C9H12N4O. The average Bonchev–Trinajstić information content (AvgIpc) is 3.02. The second kappa shape index (κ2) is 3.61. The fraction of sp³-hybridized carbons (Fsp3) is 0.444. The zero-order valence-electron chi connectivity index (χ0n) is 7.97. The van der Waals surface area contributed by atoms with Gasteiger partial charge in [0.15, 0.2) is 0 Å². The van der Waals surface area contributed by atoms with Gasteiger partial charge in [0.1, 0.15) is 11.5 Å². The Hall–Kier alpha value is -1.65. The molecule has 2 rings (SSSR count). The third kappa shape index (κ3) is 1.99. The normalized spacial score (nSPS) is 16.8. The number of aliphatic imine (C=N–C) groups is 1. The minimum atomic E-state index is 0.402. The minimum absolute atomic E-state index is 0.402. The van der Waals surface area contributed by atoms with E-state index in [1.807, 2.05) is 0 Å². The van der Waals surface area contributed by atoms with Gasteiger partial charge in [0.2, 0.25) is 5.88 Å². The molecule has 1 aromatic heterocycles. The maximum atomic E-state index is 5.73. The van der Waals surface area contributed by atoms with Crippen molar-refractivity contribution in [1.82, 2.24) is 10.2 Å². The Balaban J connectivity index is 2.15. The lowest BCUT2D eigenvalue weighted by molar-refractivity contribution is 0.392. The van der Waals surface area contributed by atoms with E-state index < -0.39 is 0 Å². The van der Waals surface area contributed by atoms with Crippen LogP contribution < -0.4 is 10.5 Å². The lowest BCUT2D eigenvalue weighted by atomic mass is 10.3. The predicted octanol–water partition coefficient (Wildman–Crippen LogP) is 0.353. The molecule has 0 amide bonds. The van der Waals surface area contributed by atoms with Crippen molar-refractivity contribution < 1.29 is 4.74 Å². The number of amidine groups is 1. The Bertz CT molecular complexity index is 342. The van der Waals surface area contributed by atoms with E-state index >= 15 is 0 Å². The van der Waals surface area contributed by atoms with Crippen LogP contribution in [0.5, 0.6) is 5.88 Å². The van der Waals surface area contributed by atoms with Crippen molar-refractivity contribution >= 4 is 5.84 Å². The minimum Gasteiger partial charge on any atom is -0.480 e. The van der Waals surface area contributed by atoms with E-state index in [2.05, 4.69) is 15.2 Å². The first kappa shape index (κ1) is 8.93. The van der Waals surface area contributed by atoms with E-state index in [1.54, 1.807) is 19.2 Å². The molecule has 0 spiro atoms. The van der Waals surface area contributed by atoms with Gasteiger partial charge in [-0.05, 0) is 18.9 Å². The first-order valence-corrected chi connectivity index (χ1v) is 4.51. The van der Waals surface area contributed by atoms with Crippen molar-refractivity contribution in [3.8, 4) is 5.88 Å². The zero-order chi connectivity index (χ0) is 9.97. The summed E-state index contributed by atoms with van der Waals surface area (Å²) in [7, 11) is 1.55. The maximum absolute atomic E-state index is 5.73. The molecule has 1 fully saturated rings. The Morgan fingerprint density at radius 1 is 1.50 bits per heavy atom. The molecule has 1 saturated carbocycles. The van der Waals surface area contributed by atoms with Crippen molar-refractivity contribution in [3.63, 3.8) is 0 Å². The topological polar surface area (TPSA) is 73.4 Å². The maximum Gasteiger partial charge on any atom is 0.233 e. The van der Waals surface area contributed by atoms with E-state index in [0.717, 1.165) is 12.8 Å². The van der Waals surface area contributed by atoms with Crippen LogP contribution in [0.15, 0.2) is 17.1 Å². The van der Waals surface area contributed by atoms with Gasteiger partial charge in [-0.1, -0.05) is 0 Å². The molecule has 0 aliphatic heterocycles. The molecule has 0 radical (unpaired) electrons.